The van der Waals surface area contributed by atoms with Crippen molar-refractivity contribution in [2.45, 2.75) is 43.4 Å². The van der Waals surface area contributed by atoms with Gasteiger partial charge in [-0.05, 0) is 32.2 Å². The first-order valence-corrected chi connectivity index (χ1v) is 10.3. The van der Waals surface area contributed by atoms with Gasteiger partial charge in [-0.1, -0.05) is 6.42 Å². The number of rotatable bonds is 6. The van der Waals surface area contributed by atoms with Crippen molar-refractivity contribution in [3.8, 4) is 0 Å². The van der Waals surface area contributed by atoms with E-state index in [9.17, 15) is 16.8 Å². The summed E-state index contributed by atoms with van der Waals surface area (Å²) in [6.07, 6.45) is 6.40. The predicted octanol–water partition coefficient (Wildman–Crippen LogP) is 0.367. The van der Waals surface area contributed by atoms with E-state index in [4.69, 9.17) is 0 Å². The summed E-state index contributed by atoms with van der Waals surface area (Å²) in [6.45, 7) is 0.633. The van der Waals surface area contributed by atoms with Crippen molar-refractivity contribution in [2.24, 2.45) is 0 Å². The molecule has 0 heterocycles. The van der Waals surface area contributed by atoms with E-state index < -0.39 is 19.7 Å². The van der Waals surface area contributed by atoms with Crippen molar-refractivity contribution >= 4 is 19.7 Å². The minimum Gasteiger partial charge on any atom is -0.314 e. The van der Waals surface area contributed by atoms with Crippen LogP contribution >= 0.6 is 0 Å². The number of sulfone groups is 2. The van der Waals surface area contributed by atoms with Crippen molar-refractivity contribution in [3.63, 3.8) is 0 Å². The normalized spacial score (nSPS) is 26.1. The largest absolute Gasteiger partial charge is 0.314 e. The Labute approximate surface area is 110 Å². The zero-order valence-electron chi connectivity index (χ0n) is 11.1. The van der Waals surface area contributed by atoms with Gasteiger partial charge in [-0.2, -0.15) is 0 Å². The topological polar surface area (TPSA) is 80.3 Å². The molecule has 0 aromatic carbocycles. The average Bonchev–Trinajstić information content (AvgIpc) is 2.22. The third-order valence-electron chi connectivity index (χ3n) is 3.36. The van der Waals surface area contributed by atoms with Gasteiger partial charge >= 0.3 is 0 Å². The molecule has 1 saturated carbocycles. The summed E-state index contributed by atoms with van der Waals surface area (Å²) in [4.78, 5) is 0. The second-order valence-corrected chi connectivity index (χ2v) is 9.84. The molecule has 1 aliphatic rings. The van der Waals surface area contributed by atoms with Crippen molar-refractivity contribution < 1.29 is 16.8 Å². The van der Waals surface area contributed by atoms with E-state index in [2.05, 4.69) is 5.32 Å². The predicted molar refractivity (Wildman–Crippen MR) is 73.2 cm³/mol. The minimum absolute atomic E-state index is 0.183. The summed E-state index contributed by atoms with van der Waals surface area (Å²) >= 11 is 0. The second-order valence-electron chi connectivity index (χ2n) is 5.25. The molecule has 0 aromatic heterocycles. The summed E-state index contributed by atoms with van der Waals surface area (Å²) in [5.74, 6) is 0.183. The molecule has 2 unspecified atom stereocenters. The molecule has 0 spiro atoms. The molecule has 108 valence electrons. The molecule has 1 rings (SSSR count). The van der Waals surface area contributed by atoms with Gasteiger partial charge in [0.1, 0.15) is 19.7 Å². The van der Waals surface area contributed by atoms with Gasteiger partial charge in [-0.25, -0.2) is 16.8 Å². The highest BCUT2D eigenvalue weighted by Crippen LogP contribution is 2.23. The van der Waals surface area contributed by atoms with E-state index in [0.717, 1.165) is 19.3 Å². The van der Waals surface area contributed by atoms with Crippen LogP contribution in [0.2, 0.25) is 0 Å². The van der Waals surface area contributed by atoms with Crippen molar-refractivity contribution in [2.75, 3.05) is 24.8 Å². The lowest BCUT2D eigenvalue weighted by Gasteiger charge is -2.28. The van der Waals surface area contributed by atoms with E-state index in [1.54, 1.807) is 0 Å². The zero-order valence-corrected chi connectivity index (χ0v) is 12.7. The van der Waals surface area contributed by atoms with Crippen molar-refractivity contribution in [1.29, 1.82) is 0 Å². The van der Waals surface area contributed by atoms with Crippen LogP contribution in [0, 0.1) is 0 Å². The van der Waals surface area contributed by atoms with E-state index in [-0.39, 0.29) is 17.0 Å². The molecular weight excluding hydrogens is 274 g/mol. The average molecular weight is 297 g/mol. The van der Waals surface area contributed by atoms with Crippen LogP contribution in [0.1, 0.15) is 32.1 Å². The molecule has 7 heteroatoms. The Morgan fingerprint density at radius 1 is 1.11 bits per heavy atom. The molecule has 0 saturated heterocycles. The van der Waals surface area contributed by atoms with Crippen LogP contribution in [-0.4, -0.2) is 52.9 Å². The Kier molecular flexibility index (Phi) is 5.61. The first-order chi connectivity index (χ1) is 8.18. The summed E-state index contributed by atoms with van der Waals surface area (Å²) in [6, 6.07) is 0.207. The molecule has 0 aromatic rings. The summed E-state index contributed by atoms with van der Waals surface area (Å²) < 4.78 is 44.9. The number of hydrogen-bond donors (Lipinski definition) is 1. The smallest absolute Gasteiger partial charge is 0.150 e. The summed E-state index contributed by atoms with van der Waals surface area (Å²) in [7, 11) is -5.85. The highest BCUT2D eigenvalue weighted by molar-refractivity contribution is 7.91. The van der Waals surface area contributed by atoms with Crippen molar-refractivity contribution in [3.05, 3.63) is 0 Å². The van der Waals surface area contributed by atoms with E-state index in [0.29, 0.717) is 19.4 Å². The summed E-state index contributed by atoms with van der Waals surface area (Å²) in [5.41, 5.74) is 0. The molecular formula is C11H23NO4S2. The molecule has 2 atom stereocenters. The van der Waals surface area contributed by atoms with E-state index in [1.807, 2.05) is 0 Å². The van der Waals surface area contributed by atoms with Crippen LogP contribution in [0.15, 0.2) is 0 Å². The van der Waals surface area contributed by atoms with Gasteiger partial charge in [0.15, 0.2) is 0 Å². The van der Waals surface area contributed by atoms with Gasteiger partial charge in [0, 0.05) is 18.6 Å². The van der Waals surface area contributed by atoms with Gasteiger partial charge in [0.25, 0.3) is 0 Å². The van der Waals surface area contributed by atoms with Gasteiger partial charge in [0.2, 0.25) is 0 Å². The lowest BCUT2D eigenvalue weighted by Crippen LogP contribution is -2.39. The molecule has 0 bridgehead atoms. The van der Waals surface area contributed by atoms with E-state index >= 15 is 0 Å². The highest BCUT2D eigenvalue weighted by atomic mass is 32.2. The van der Waals surface area contributed by atoms with Crippen LogP contribution in [0.25, 0.3) is 0 Å². The maximum Gasteiger partial charge on any atom is 0.150 e. The minimum atomic E-state index is -2.95. The van der Waals surface area contributed by atoms with E-state index in [1.165, 1.54) is 12.5 Å². The number of nitrogens with one attached hydrogen (secondary N) is 1. The molecule has 1 fully saturated rings. The monoisotopic (exact) mass is 297 g/mol. The van der Waals surface area contributed by atoms with Crippen LogP contribution in [0.5, 0.6) is 0 Å². The highest BCUT2D eigenvalue weighted by Gasteiger charge is 2.28. The fourth-order valence-electron chi connectivity index (χ4n) is 2.36. The Balaban J connectivity index is 2.31. The van der Waals surface area contributed by atoms with Crippen LogP contribution in [-0.2, 0) is 19.7 Å². The first-order valence-electron chi connectivity index (χ1n) is 6.28. The van der Waals surface area contributed by atoms with Crippen LogP contribution in [0.3, 0.4) is 0 Å². The lowest BCUT2D eigenvalue weighted by molar-refractivity contribution is 0.373. The Bertz CT molecular complexity index is 455. The maximum absolute atomic E-state index is 11.5. The molecule has 0 aliphatic heterocycles. The number of hydrogen-bond acceptors (Lipinski definition) is 5. The van der Waals surface area contributed by atoms with Gasteiger partial charge in [-0.15, -0.1) is 0 Å². The molecule has 0 amide bonds. The Morgan fingerprint density at radius 2 is 1.78 bits per heavy atom. The van der Waals surface area contributed by atoms with Crippen LogP contribution in [0.4, 0.5) is 0 Å². The fourth-order valence-corrected chi connectivity index (χ4v) is 4.21. The first kappa shape index (κ1) is 15.9. The quantitative estimate of drug-likeness (QED) is 0.716. The van der Waals surface area contributed by atoms with Gasteiger partial charge < -0.3 is 5.32 Å². The molecule has 5 nitrogen and oxygen atoms in total. The molecule has 1 aliphatic carbocycles. The molecule has 1 N–H and O–H groups in total. The zero-order chi connectivity index (χ0) is 13.8. The molecule has 0 radical (unpaired) electrons. The third-order valence-corrected chi connectivity index (χ3v) is 6.03. The van der Waals surface area contributed by atoms with Crippen molar-refractivity contribution in [1.82, 2.24) is 5.32 Å². The van der Waals surface area contributed by atoms with Gasteiger partial charge in [-0.3, -0.25) is 0 Å². The third kappa shape index (κ3) is 6.15. The lowest BCUT2D eigenvalue weighted by atomic mass is 9.95. The molecule has 18 heavy (non-hydrogen) atoms. The fraction of sp³-hybridized carbons (Fsp3) is 1.00. The summed E-state index contributed by atoms with van der Waals surface area (Å²) in [5, 5.41) is 3.03. The van der Waals surface area contributed by atoms with Crippen LogP contribution < -0.4 is 5.32 Å². The Morgan fingerprint density at radius 3 is 2.33 bits per heavy atom. The SMILES string of the molecule is CS(=O)(=O)CCCNC1CCCC(S(C)(=O)=O)C1. The standard InChI is InChI=1S/C11H23NO4S2/c1-17(13,14)8-4-7-12-10-5-3-6-11(9-10)18(2,15)16/h10-12H,3-9H2,1-2H3. The maximum atomic E-state index is 11.5. The van der Waals surface area contributed by atoms with Gasteiger partial charge in [0.05, 0.1) is 11.0 Å². The second kappa shape index (κ2) is 6.34. The Hall–Kier alpha value is -0.140.